The molecular formula is C10H4Br2Cl2N4O. The Hall–Kier alpha value is -0.760. The van der Waals surface area contributed by atoms with Gasteiger partial charge in [-0.05, 0) is 44.0 Å². The van der Waals surface area contributed by atoms with Gasteiger partial charge in [0.1, 0.15) is 19.5 Å². The Kier molecular flexibility index (Phi) is 4.72. The van der Waals surface area contributed by atoms with E-state index in [2.05, 4.69) is 52.1 Å². The lowest BCUT2D eigenvalue weighted by molar-refractivity contribution is 0.102. The van der Waals surface area contributed by atoms with Crippen molar-refractivity contribution in [1.29, 1.82) is 0 Å². The molecule has 5 nitrogen and oxygen atoms in total. The van der Waals surface area contributed by atoms with Crippen molar-refractivity contribution < 1.29 is 4.79 Å². The minimum Gasteiger partial charge on any atom is -0.304 e. The molecule has 0 radical (unpaired) electrons. The summed E-state index contributed by atoms with van der Waals surface area (Å²) in [5, 5.41) is 2.86. The van der Waals surface area contributed by atoms with Gasteiger partial charge in [-0.3, -0.25) is 4.79 Å². The molecule has 1 amide bonds. The number of halogens is 4. The van der Waals surface area contributed by atoms with Crippen molar-refractivity contribution in [2.24, 2.45) is 0 Å². The molecule has 19 heavy (non-hydrogen) atoms. The summed E-state index contributed by atoms with van der Waals surface area (Å²) >= 11 is 17.8. The molecule has 0 fully saturated rings. The quantitative estimate of drug-likeness (QED) is 0.738. The first kappa shape index (κ1) is 14.6. The summed E-state index contributed by atoms with van der Waals surface area (Å²) in [7, 11) is 0. The molecule has 98 valence electrons. The second-order valence-electron chi connectivity index (χ2n) is 3.29. The third-order valence-corrected chi connectivity index (χ3v) is 3.28. The highest BCUT2D eigenvalue weighted by atomic mass is 79.9. The first-order valence-corrected chi connectivity index (χ1v) is 7.12. The Balaban J connectivity index is 2.25. The van der Waals surface area contributed by atoms with Gasteiger partial charge in [0.15, 0.2) is 5.82 Å². The SMILES string of the molecule is O=C(Nc1ncc(Br)nc1Br)c1cc(Cl)nc(Cl)c1. The van der Waals surface area contributed by atoms with Crippen LogP contribution in [0.5, 0.6) is 0 Å². The molecule has 2 rings (SSSR count). The summed E-state index contributed by atoms with van der Waals surface area (Å²) in [6.45, 7) is 0. The Morgan fingerprint density at radius 1 is 1.16 bits per heavy atom. The number of carbonyl (C=O) groups is 1. The topological polar surface area (TPSA) is 67.8 Å². The summed E-state index contributed by atoms with van der Waals surface area (Å²) < 4.78 is 0.953. The summed E-state index contributed by atoms with van der Waals surface area (Å²) in [5.41, 5.74) is 0.279. The highest BCUT2D eigenvalue weighted by Gasteiger charge is 2.12. The zero-order valence-corrected chi connectivity index (χ0v) is 13.7. The van der Waals surface area contributed by atoms with Gasteiger partial charge in [0, 0.05) is 5.56 Å². The maximum absolute atomic E-state index is 12.0. The van der Waals surface area contributed by atoms with E-state index in [1.165, 1.54) is 18.3 Å². The van der Waals surface area contributed by atoms with Crippen molar-refractivity contribution in [2.75, 3.05) is 5.32 Å². The van der Waals surface area contributed by atoms with Gasteiger partial charge in [0.05, 0.1) is 6.20 Å². The molecule has 0 aliphatic heterocycles. The number of carbonyl (C=O) groups excluding carboxylic acids is 1. The first-order valence-electron chi connectivity index (χ1n) is 4.78. The number of pyridine rings is 1. The lowest BCUT2D eigenvalue weighted by Crippen LogP contribution is -2.14. The van der Waals surface area contributed by atoms with Crippen LogP contribution in [-0.4, -0.2) is 20.9 Å². The highest BCUT2D eigenvalue weighted by Crippen LogP contribution is 2.21. The van der Waals surface area contributed by atoms with Gasteiger partial charge in [-0.25, -0.2) is 15.0 Å². The lowest BCUT2D eigenvalue weighted by atomic mass is 10.2. The van der Waals surface area contributed by atoms with Crippen molar-refractivity contribution in [3.8, 4) is 0 Å². The van der Waals surface area contributed by atoms with Crippen LogP contribution in [0.4, 0.5) is 5.82 Å². The zero-order chi connectivity index (χ0) is 14.0. The summed E-state index contributed by atoms with van der Waals surface area (Å²) in [6, 6.07) is 2.81. The van der Waals surface area contributed by atoms with E-state index in [9.17, 15) is 4.79 Å². The number of hydrogen-bond donors (Lipinski definition) is 1. The maximum atomic E-state index is 12.0. The molecule has 0 aliphatic rings. The molecule has 0 unspecified atom stereocenters. The Morgan fingerprint density at radius 2 is 1.79 bits per heavy atom. The molecule has 0 aromatic carbocycles. The van der Waals surface area contributed by atoms with Crippen molar-refractivity contribution in [3.63, 3.8) is 0 Å². The van der Waals surface area contributed by atoms with Crippen LogP contribution in [0.25, 0.3) is 0 Å². The molecule has 0 aliphatic carbocycles. The van der Waals surface area contributed by atoms with Crippen molar-refractivity contribution >= 4 is 66.8 Å². The Morgan fingerprint density at radius 3 is 2.37 bits per heavy atom. The van der Waals surface area contributed by atoms with Crippen LogP contribution in [0.3, 0.4) is 0 Å². The van der Waals surface area contributed by atoms with Crippen LogP contribution in [0.1, 0.15) is 10.4 Å². The van der Waals surface area contributed by atoms with E-state index >= 15 is 0 Å². The third-order valence-electron chi connectivity index (χ3n) is 1.96. The molecule has 0 spiro atoms. The zero-order valence-electron chi connectivity index (χ0n) is 8.99. The van der Waals surface area contributed by atoms with Gasteiger partial charge in [-0.15, -0.1) is 0 Å². The van der Waals surface area contributed by atoms with Crippen LogP contribution in [0.15, 0.2) is 27.5 Å². The minimum absolute atomic E-state index is 0.138. The highest BCUT2D eigenvalue weighted by molar-refractivity contribution is 9.11. The minimum atomic E-state index is -0.413. The third kappa shape index (κ3) is 3.85. The molecule has 0 bridgehead atoms. The predicted octanol–water partition coefficient (Wildman–Crippen LogP) is 3.96. The van der Waals surface area contributed by atoms with Crippen LogP contribution in [0, 0.1) is 0 Å². The molecule has 9 heteroatoms. The summed E-state index contributed by atoms with van der Waals surface area (Å²) in [6.07, 6.45) is 1.47. The number of nitrogens with zero attached hydrogens (tertiary/aromatic N) is 3. The molecule has 0 atom stereocenters. The summed E-state index contributed by atoms with van der Waals surface area (Å²) in [5.74, 6) is -0.124. The predicted molar refractivity (Wildman–Crippen MR) is 79.6 cm³/mol. The van der Waals surface area contributed by atoms with E-state index in [-0.39, 0.29) is 21.7 Å². The van der Waals surface area contributed by atoms with Gasteiger partial charge in [0.25, 0.3) is 5.91 Å². The molecule has 2 aromatic rings. The van der Waals surface area contributed by atoms with E-state index in [1.807, 2.05) is 0 Å². The Bertz CT molecular complexity index is 633. The van der Waals surface area contributed by atoms with Gasteiger partial charge in [-0.2, -0.15) is 0 Å². The number of rotatable bonds is 2. The molecule has 0 saturated heterocycles. The standard InChI is InChI=1S/C10H4Br2Cl2N4O/c11-5-3-15-9(8(12)16-5)18-10(19)4-1-6(13)17-7(14)2-4/h1-3H,(H,15,18,19). The number of aromatic nitrogens is 3. The average molecular weight is 427 g/mol. The molecule has 2 heterocycles. The largest absolute Gasteiger partial charge is 0.304 e. The number of hydrogen-bond acceptors (Lipinski definition) is 4. The number of nitrogens with one attached hydrogen (secondary N) is 1. The molecular weight excluding hydrogens is 423 g/mol. The van der Waals surface area contributed by atoms with Gasteiger partial charge in [0.2, 0.25) is 0 Å². The van der Waals surface area contributed by atoms with Crippen LogP contribution < -0.4 is 5.32 Å². The lowest BCUT2D eigenvalue weighted by Gasteiger charge is -2.06. The monoisotopic (exact) mass is 424 g/mol. The fourth-order valence-electron chi connectivity index (χ4n) is 1.21. The fraction of sp³-hybridized carbons (Fsp3) is 0. The normalized spacial score (nSPS) is 10.3. The average Bonchev–Trinajstić information content (AvgIpc) is 2.31. The van der Waals surface area contributed by atoms with E-state index in [0.717, 1.165) is 0 Å². The Labute approximate surface area is 135 Å². The van der Waals surface area contributed by atoms with E-state index < -0.39 is 5.91 Å². The smallest absolute Gasteiger partial charge is 0.257 e. The van der Waals surface area contributed by atoms with Crippen LogP contribution >= 0.6 is 55.1 Å². The molecule has 2 aromatic heterocycles. The molecule has 0 saturated carbocycles. The van der Waals surface area contributed by atoms with E-state index in [1.54, 1.807) is 0 Å². The number of anilines is 1. The van der Waals surface area contributed by atoms with Crippen molar-refractivity contribution in [3.05, 3.63) is 43.4 Å². The van der Waals surface area contributed by atoms with Gasteiger partial charge >= 0.3 is 0 Å². The molecule has 1 N–H and O–H groups in total. The second kappa shape index (κ2) is 6.13. The summed E-state index contributed by atoms with van der Waals surface area (Å²) in [4.78, 5) is 23.8. The van der Waals surface area contributed by atoms with Gasteiger partial charge in [-0.1, -0.05) is 23.2 Å². The first-order chi connectivity index (χ1) is 8.95. The van der Waals surface area contributed by atoms with E-state index in [4.69, 9.17) is 23.2 Å². The van der Waals surface area contributed by atoms with Gasteiger partial charge < -0.3 is 5.32 Å². The van der Waals surface area contributed by atoms with Crippen molar-refractivity contribution in [1.82, 2.24) is 15.0 Å². The second-order valence-corrected chi connectivity index (χ2v) is 5.63. The maximum Gasteiger partial charge on any atom is 0.257 e. The van der Waals surface area contributed by atoms with Crippen LogP contribution in [0.2, 0.25) is 10.3 Å². The number of amides is 1. The van der Waals surface area contributed by atoms with E-state index in [0.29, 0.717) is 9.21 Å². The fourth-order valence-corrected chi connectivity index (χ4v) is 2.58. The van der Waals surface area contributed by atoms with Crippen LogP contribution in [-0.2, 0) is 0 Å². The van der Waals surface area contributed by atoms with Crippen molar-refractivity contribution in [2.45, 2.75) is 0 Å².